The lowest BCUT2D eigenvalue weighted by Gasteiger charge is -2.26. The van der Waals surface area contributed by atoms with Gasteiger partial charge in [0.1, 0.15) is 12.0 Å². The first kappa shape index (κ1) is 23.9. The molecular weight excluding hydrogens is 430 g/mol. The largest absolute Gasteiger partial charge is 0.493 e. The average Bonchev–Trinajstić information content (AvgIpc) is 3.21. The highest BCUT2D eigenvalue weighted by Gasteiger charge is 2.34. The summed E-state index contributed by atoms with van der Waals surface area (Å²) in [5.74, 6) is 0.832. The number of benzene rings is 2. The van der Waals surface area contributed by atoms with Gasteiger partial charge in [0.25, 0.3) is 5.91 Å². The Labute approximate surface area is 200 Å². The first-order valence-electron chi connectivity index (χ1n) is 11.9. The van der Waals surface area contributed by atoms with Crippen LogP contribution in [0.2, 0.25) is 0 Å². The van der Waals surface area contributed by atoms with E-state index in [0.29, 0.717) is 26.0 Å². The van der Waals surface area contributed by atoms with Gasteiger partial charge < -0.3 is 14.4 Å². The highest BCUT2D eigenvalue weighted by molar-refractivity contribution is 5.98. The molecule has 0 saturated carbocycles. The number of hydroxylamine groups is 1. The molecule has 0 bridgehead atoms. The molecule has 0 fully saturated rings. The Morgan fingerprint density at radius 2 is 2.00 bits per heavy atom. The Kier molecular flexibility index (Phi) is 8.22. The predicted octanol–water partition coefficient (Wildman–Crippen LogP) is 4.44. The van der Waals surface area contributed by atoms with Gasteiger partial charge >= 0.3 is 0 Å². The zero-order chi connectivity index (χ0) is 23.8. The average molecular weight is 462 g/mol. The number of aldehydes is 1. The van der Waals surface area contributed by atoms with Crippen LogP contribution in [0.5, 0.6) is 5.75 Å². The van der Waals surface area contributed by atoms with Gasteiger partial charge in [0.05, 0.1) is 12.1 Å². The van der Waals surface area contributed by atoms with Crippen molar-refractivity contribution in [2.75, 3.05) is 13.7 Å². The molecule has 178 valence electrons. The van der Waals surface area contributed by atoms with Gasteiger partial charge in [-0.1, -0.05) is 24.3 Å². The molecule has 3 aromatic rings. The van der Waals surface area contributed by atoms with Gasteiger partial charge in [0, 0.05) is 43.6 Å². The monoisotopic (exact) mass is 461 g/mol. The summed E-state index contributed by atoms with van der Waals surface area (Å²) < 4.78 is 6.02. The Balaban J connectivity index is 1.29. The smallest absolute Gasteiger partial charge is 0.256 e. The van der Waals surface area contributed by atoms with Gasteiger partial charge in [-0.15, -0.1) is 0 Å². The number of fused-ring (bicyclic) bond motifs is 2. The van der Waals surface area contributed by atoms with Crippen molar-refractivity contribution in [3.63, 3.8) is 0 Å². The zero-order valence-corrected chi connectivity index (χ0v) is 19.5. The third-order valence-corrected chi connectivity index (χ3v) is 6.18. The van der Waals surface area contributed by atoms with Crippen molar-refractivity contribution in [1.29, 1.82) is 0 Å². The lowest BCUT2D eigenvalue weighted by molar-refractivity contribution is -0.113. The second-order valence-corrected chi connectivity index (χ2v) is 8.38. The molecule has 1 amide bonds. The number of pyridine rings is 1. The van der Waals surface area contributed by atoms with Crippen molar-refractivity contribution in [3.8, 4) is 5.75 Å². The molecule has 2 heterocycles. The number of para-hydroxylation sites is 1. The van der Waals surface area contributed by atoms with Gasteiger partial charge in [-0.2, -0.15) is 0 Å². The van der Waals surface area contributed by atoms with E-state index in [9.17, 15) is 9.59 Å². The van der Waals surface area contributed by atoms with Crippen molar-refractivity contribution in [2.24, 2.45) is 0 Å². The summed E-state index contributed by atoms with van der Waals surface area (Å²) in [5, 5.41) is 1.03. The fourth-order valence-electron chi connectivity index (χ4n) is 4.48. The van der Waals surface area contributed by atoms with Crippen LogP contribution in [0.4, 0.5) is 0 Å². The molecule has 0 spiro atoms. The first-order chi connectivity index (χ1) is 16.7. The molecule has 4 rings (SSSR count). The molecule has 0 saturated heterocycles. The maximum absolute atomic E-state index is 13.0. The lowest BCUT2D eigenvalue weighted by atomic mass is 9.98. The Hall–Kier alpha value is -3.29. The minimum Gasteiger partial charge on any atom is -0.493 e. The van der Waals surface area contributed by atoms with Crippen LogP contribution in [0, 0.1) is 0 Å². The topological polar surface area (TPSA) is 80.8 Å². The number of carbonyl (C=O) groups is 2. The van der Waals surface area contributed by atoms with Gasteiger partial charge in [0.2, 0.25) is 0 Å². The summed E-state index contributed by atoms with van der Waals surface area (Å²) in [4.78, 5) is 35.4. The van der Waals surface area contributed by atoms with E-state index < -0.39 is 6.23 Å². The number of carbonyl (C=O) groups excluding carboxylic acids is 2. The van der Waals surface area contributed by atoms with E-state index in [1.807, 2.05) is 42.5 Å². The number of hydrogen-bond acceptors (Lipinski definition) is 6. The summed E-state index contributed by atoms with van der Waals surface area (Å²) in [7, 11) is 1.66. The maximum Gasteiger partial charge on any atom is 0.256 e. The number of rotatable bonds is 13. The molecule has 1 aliphatic rings. The molecule has 1 N–H and O–H groups in total. The number of aromatic nitrogens is 1. The summed E-state index contributed by atoms with van der Waals surface area (Å²) in [5.41, 5.74) is 6.62. The third kappa shape index (κ3) is 5.43. The summed E-state index contributed by atoms with van der Waals surface area (Å²) >= 11 is 0. The molecule has 1 unspecified atom stereocenters. The molecule has 0 radical (unpaired) electrons. The minimum absolute atomic E-state index is 0.0408. The SMILES string of the molecule is CNOC(CCC=O)N1Cc2c(CCCCCOc3ccnc4ccccc34)cccc2C1=O. The van der Waals surface area contributed by atoms with E-state index in [4.69, 9.17) is 9.57 Å². The number of nitrogens with zero attached hydrogens (tertiary/aromatic N) is 2. The van der Waals surface area contributed by atoms with E-state index in [1.54, 1.807) is 18.1 Å². The molecule has 1 atom stereocenters. The van der Waals surface area contributed by atoms with Crippen LogP contribution < -0.4 is 10.2 Å². The van der Waals surface area contributed by atoms with Crippen molar-refractivity contribution in [1.82, 2.24) is 15.4 Å². The van der Waals surface area contributed by atoms with Crippen molar-refractivity contribution in [2.45, 2.75) is 51.3 Å². The highest BCUT2D eigenvalue weighted by atomic mass is 16.7. The van der Waals surface area contributed by atoms with E-state index in [1.165, 1.54) is 5.56 Å². The van der Waals surface area contributed by atoms with Gasteiger partial charge in [-0.3, -0.25) is 14.6 Å². The van der Waals surface area contributed by atoms with Crippen LogP contribution in [0.3, 0.4) is 0 Å². The van der Waals surface area contributed by atoms with Crippen LogP contribution >= 0.6 is 0 Å². The zero-order valence-electron chi connectivity index (χ0n) is 19.5. The molecule has 1 aliphatic heterocycles. The maximum atomic E-state index is 13.0. The second kappa shape index (κ2) is 11.7. The molecule has 1 aromatic heterocycles. The third-order valence-electron chi connectivity index (χ3n) is 6.18. The predicted molar refractivity (Wildman–Crippen MR) is 130 cm³/mol. The van der Waals surface area contributed by atoms with Gasteiger partial charge in [-0.05, 0) is 61.1 Å². The summed E-state index contributed by atoms with van der Waals surface area (Å²) in [6, 6.07) is 15.8. The summed E-state index contributed by atoms with van der Waals surface area (Å²) in [6.45, 7) is 1.17. The number of nitrogens with one attached hydrogen (secondary N) is 1. The van der Waals surface area contributed by atoms with Crippen molar-refractivity contribution >= 4 is 23.1 Å². The Morgan fingerprint density at radius 3 is 2.85 bits per heavy atom. The van der Waals surface area contributed by atoms with E-state index in [0.717, 1.165) is 59.7 Å². The summed E-state index contributed by atoms with van der Waals surface area (Å²) in [6.07, 6.45) is 6.90. The fourth-order valence-corrected chi connectivity index (χ4v) is 4.48. The van der Waals surface area contributed by atoms with E-state index >= 15 is 0 Å². The normalized spacial score (nSPS) is 13.8. The van der Waals surface area contributed by atoms with Gasteiger partial charge in [0.15, 0.2) is 6.23 Å². The minimum atomic E-state index is -0.468. The van der Waals surface area contributed by atoms with Crippen molar-refractivity contribution < 1.29 is 19.2 Å². The molecular formula is C27H31N3O4. The number of amides is 1. The van der Waals surface area contributed by atoms with Crippen LogP contribution in [-0.2, 0) is 22.6 Å². The van der Waals surface area contributed by atoms with Gasteiger partial charge in [-0.25, -0.2) is 5.48 Å². The Morgan fingerprint density at radius 1 is 1.12 bits per heavy atom. The van der Waals surface area contributed by atoms with Crippen LogP contribution in [0.1, 0.15) is 53.6 Å². The molecule has 0 aliphatic carbocycles. The molecule has 7 heteroatoms. The van der Waals surface area contributed by atoms with Crippen LogP contribution in [0.25, 0.3) is 10.9 Å². The lowest BCUT2D eigenvalue weighted by Crippen LogP contribution is -2.40. The standard InChI is InChI=1S/C27H31N3O4/c1-28-34-26(14-8-17-31)30-19-23-20(10-7-12-21(23)27(30)32)9-3-2-6-18-33-25-15-16-29-24-13-5-4-11-22(24)25/h4-5,7,10-13,15-17,26,28H,2-3,6,8-9,14,18-19H2,1H3. The fraction of sp³-hybridized carbons (Fsp3) is 0.370. The first-order valence-corrected chi connectivity index (χ1v) is 11.9. The van der Waals surface area contributed by atoms with E-state index in [-0.39, 0.29) is 5.91 Å². The molecule has 2 aromatic carbocycles. The van der Waals surface area contributed by atoms with Crippen LogP contribution in [0.15, 0.2) is 54.7 Å². The van der Waals surface area contributed by atoms with Crippen molar-refractivity contribution in [3.05, 3.63) is 71.4 Å². The number of unbranched alkanes of at least 4 members (excludes halogenated alkanes) is 2. The molecule has 7 nitrogen and oxygen atoms in total. The Bertz CT molecular complexity index is 1130. The number of aryl methyl sites for hydroxylation is 1. The quantitative estimate of drug-likeness (QED) is 0.230. The second-order valence-electron chi connectivity index (χ2n) is 8.38. The van der Waals surface area contributed by atoms with E-state index in [2.05, 4.69) is 16.5 Å². The highest BCUT2D eigenvalue weighted by Crippen LogP contribution is 2.30. The number of ether oxygens (including phenoxy) is 1. The van der Waals surface area contributed by atoms with Crippen LogP contribution in [-0.4, -0.2) is 42.0 Å². The molecule has 34 heavy (non-hydrogen) atoms. The number of hydrogen-bond donors (Lipinski definition) is 1.